The molecule has 0 fully saturated rings. The number of H-pyrrole nitrogens is 2. The fraction of sp³-hybridized carbons (Fsp3) is 0.143. The maximum absolute atomic E-state index is 11.7. The second kappa shape index (κ2) is 4.14. The quantitative estimate of drug-likeness (QED) is 0.743. The molecule has 0 spiro atoms. The van der Waals surface area contributed by atoms with Crippen molar-refractivity contribution >= 4 is 11.6 Å². The van der Waals surface area contributed by atoms with Crippen LogP contribution in [0.5, 0.6) is 0 Å². The molecule has 4 heteroatoms. The van der Waals surface area contributed by atoms with Gasteiger partial charge < -0.3 is 0 Å². The van der Waals surface area contributed by atoms with Gasteiger partial charge in [-0.2, -0.15) is 0 Å². The molecule has 0 saturated heterocycles. The molecule has 90 valence electrons. The lowest BCUT2D eigenvalue weighted by molar-refractivity contribution is 0.936. The Balaban J connectivity index is 2.12. The molecule has 1 aliphatic rings. The summed E-state index contributed by atoms with van der Waals surface area (Å²) < 4.78 is 0. The van der Waals surface area contributed by atoms with E-state index < -0.39 is 11.0 Å². The van der Waals surface area contributed by atoms with Gasteiger partial charge in [0.2, 0.25) is 5.43 Å². The Morgan fingerprint density at radius 3 is 2.56 bits per heavy atom. The summed E-state index contributed by atoms with van der Waals surface area (Å²) in [5.41, 5.74) is 2.52. The highest BCUT2D eigenvalue weighted by molar-refractivity contribution is 5.83. The third kappa shape index (κ3) is 1.72. The van der Waals surface area contributed by atoms with Crippen molar-refractivity contribution in [1.29, 1.82) is 0 Å². The van der Waals surface area contributed by atoms with Crippen LogP contribution in [0.2, 0.25) is 0 Å². The number of allylic oxidation sites excluding steroid dienone is 1. The van der Waals surface area contributed by atoms with Crippen LogP contribution >= 0.6 is 0 Å². The zero-order valence-corrected chi connectivity index (χ0v) is 9.69. The molecule has 0 saturated carbocycles. The summed E-state index contributed by atoms with van der Waals surface area (Å²) >= 11 is 0. The fourth-order valence-electron chi connectivity index (χ4n) is 2.29. The van der Waals surface area contributed by atoms with Gasteiger partial charge in [-0.1, -0.05) is 30.3 Å². The number of aromatic amines is 2. The van der Waals surface area contributed by atoms with Crippen molar-refractivity contribution in [3.8, 4) is 0 Å². The van der Waals surface area contributed by atoms with Gasteiger partial charge >= 0.3 is 5.56 Å². The third-order valence-corrected chi connectivity index (χ3v) is 3.19. The summed E-state index contributed by atoms with van der Waals surface area (Å²) in [6.45, 7) is 0. The minimum absolute atomic E-state index is 0.416. The highest BCUT2D eigenvalue weighted by atomic mass is 16.2. The van der Waals surface area contributed by atoms with E-state index >= 15 is 0 Å². The highest BCUT2D eigenvalue weighted by Gasteiger charge is 2.20. The van der Waals surface area contributed by atoms with E-state index in [2.05, 4.69) is 10.2 Å². The van der Waals surface area contributed by atoms with Gasteiger partial charge in [-0.3, -0.25) is 19.8 Å². The van der Waals surface area contributed by atoms with Gasteiger partial charge in [-0.05, 0) is 30.1 Å². The van der Waals surface area contributed by atoms with Gasteiger partial charge in [0.1, 0.15) is 0 Å². The Hall–Kier alpha value is -2.36. The van der Waals surface area contributed by atoms with E-state index in [-0.39, 0.29) is 0 Å². The van der Waals surface area contributed by atoms with Crippen molar-refractivity contribution < 1.29 is 0 Å². The number of hydrogen-bond acceptors (Lipinski definition) is 2. The first-order valence-corrected chi connectivity index (χ1v) is 5.85. The number of rotatable bonds is 1. The van der Waals surface area contributed by atoms with Gasteiger partial charge in [-0.25, -0.2) is 0 Å². The lowest BCUT2D eigenvalue weighted by Gasteiger charge is -2.00. The van der Waals surface area contributed by atoms with E-state index in [0.29, 0.717) is 12.0 Å². The third-order valence-electron chi connectivity index (χ3n) is 3.19. The maximum atomic E-state index is 11.7. The molecule has 1 aromatic heterocycles. The summed E-state index contributed by atoms with van der Waals surface area (Å²) in [6.07, 6.45) is 3.46. The second-order valence-electron chi connectivity index (χ2n) is 4.34. The van der Waals surface area contributed by atoms with Gasteiger partial charge in [-0.15, -0.1) is 0 Å². The van der Waals surface area contributed by atoms with E-state index in [4.69, 9.17) is 0 Å². The van der Waals surface area contributed by atoms with Gasteiger partial charge in [0, 0.05) is 5.56 Å². The predicted molar refractivity (Wildman–Crippen MR) is 70.3 cm³/mol. The molecule has 3 rings (SSSR count). The Morgan fingerprint density at radius 1 is 1.00 bits per heavy atom. The zero-order chi connectivity index (χ0) is 12.5. The van der Waals surface area contributed by atoms with Crippen LogP contribution in [0.3, 0.4) is 0 Å². The van der Waals surface area contributed by atoms with Crippen LogP contribution in [0.15, 0.2) is 39.9 Å². The second-order valence-corrected chi connectivity index (χ2v) is 4.34. The lowest BCUT2D eigenvalue weighted by atomic mass is 10.1. The molecule has 1 aliphatic carbocycles. The average molecular weight is 240 g/mol. The molecule has 18 heavy (non-hydrogen) atoms. The largest absolute Gasteiger partial charge is 0.310 e. The van der Waals surface area contributed by atoms with Crippen molar-refractivity contribution in [3.05, 3.63) is 67.7 Å². The summed E-state index contributed by atoms with van der Waals surface area (Å²) in [5.74, 6) is 0. The Bertz CT molecular complexity index is 723. The van der Waals surface area contributed by atoms with Crippen LogP contribution in [0, 0.1) is 0 Å². The van der Waals surface area contributed by atoms with Crippen molar-refractivity contribution in [2.45, 2.75) is 12.8 Å². The van der Waals surface area contributed by atoms with E-state index in [9.17, 15) is 9.59 Å². The van der Waals surface area contributed by atoms with Crippen LogP contribution in [0.4, 0.5) is 0 Å². The number of hydrogen-bond donors (Lipinski definition) is 2. The Kier molecular flexibility index (Phi) is 2.48. The Morgan fingerprint density at radius 2 is 1.78 bits per heavy atom. The molecule has 0 amide bonds. The standard InChI is InChI=1S/C14H12N2O2/c17-13-11-7-6-10(12(11)15-16-14(13)18)8-9-4-2-1-3-5-9/h1-5,8H,6-7H2,(H,15,17)(H,16,18)/b10-8+. The van der Waals surface area contributed by atoms with Crippen LogP contribution < -0.4 is 11.0 Å². The fourth-order valence-corrected chi connectivity index (χ4v) is 2.29. The van der Waals surface area contributed by atoms with E-state index in [1.54, 1.807) is 0 Å². The lowest BCUT2D eigenvalue weighted by Crippen LogP contribution is -2.31. The van der Waals surface area contributed by atoms with Crippen molar-refractivity contribution in [1.82, 2.24) is 10.2 Å². The molecular weight excluding hydrogens is 228 g/mol. The molecular formula is C14H12N2O2. The molecule has 0 radical (unpaired) electrons. The van der Waals surface area contributed by atoms with E-state index in [1.165, 1.54) is 0 Å². The van der Waals surface area contributed by atoms with Crippen molar-refractivity contribution in [3.63, 3.8) is 0 Å². The summed E-state index contributed by atoms with van der Waals surface area (Å²) in [7, 11) is 0. The first-order chi connectivity index (χ1) is 8.75. The molecule has 0 bridgehead atoms. The Labute approximate surface area is 103 Å². The monoisotopic (exact) mass is 240 g/mol. The summed E-state index contributed by atoms with van der Waals surface area (Å²) in [5, 5.41) is 5.20. The predicted octanol–water partition coefficient (Wildman–Crippen LogP) is 1.55. The minimum Gasteiger partial charge on any atom is -0.298 e. The normalized spacial score (nSPS) is 15.9. The molecule has 2 N–H and O–H groups in total. The van der Waals surface area contributed by atoms with Crippen molar-refractivity contribution in [2.24, 2.45) is 0 Å². The van der Waals surface area contributed by atoms with Gasteiger partial charge in [0.15, 0.2) is 0 Å². The van der Waals surface area contributed by atoms with Crippen LogP contribution in [-0.2, 0) is 6.42 Å². The smallest absolute Gasteiger partial charge is 0.298 e. The molecule has 1 aromatic carbocycles. The first kappa shape index (κ1) is 10.8. The number of fused-ring (bicyclic) bond motifs is 1. The summed E-state index contributed by atoms with van der Waals surface area (Å²) in [6, 6.07) is 9.92. The molecule has 4 nitrogen and oxygen atoms in total. The van der Waals surface area contributed by atoms with Crippen LogP contribution in [-0.4, -0.2) is 10.2 Å². The number of nitrogens with one attached hydrogen (secondary N) is 2. The van der Waals surface area contributed by atoms with Gasteiger partial charge in [0.25, 0.3) is 0 Å². The molecule has 0 aliphatic heterocycles. The highest BCUT2D eigenvalue weighted by Crippen LogP contribution is 2.29. The van der Waals surface area contributed by atoms with Crippen LogP contribution in [0.25, 0.3) is 11.6 Å². The maximum Gasteiger partial charge on any atom is 0.310 e. The molecule has 1 heterocycles. The topological polar surface area (TPSA) is 65.7 Å². The zero-order valence-electron chi connectivity index (χ0n) is 9.69. The molecule has 2 aromatic rings. The number of aromatic nitrogens is 2. The molecule has 0 unspecified atom stereocenters. The van der Waals surface area contributed by atoms with Gasteiger partial charge in [0.05, 0.1) is 5.69 Å². The first-order valence-electron chi connectivity index (χ1n) is 5.85. The van der Waals surface area contributed by atoms with Crippen molar-refractivity contribution in [2.75, 3.05) is 0 Å². The van der Waals surface area contributed by atoms with Crippen LogP contribution in [0.1, 0.15) is 23.2 Å². The average Bonchev–Trinajstić information content (AvgIpc) is 2.79. The SMILES string of the molecule is O=c1[nH][nH]c2c(c1=O)CC/C2=C\c1ccccc1. The van der Waals surface area contributed by atoms with E-state index in [1.807, 2.05) is 36.4 Å². The summed E-state index contributed by atoms with van der Waals surface area (Å²) in [4.78, 5) is 22.9. The molecule has 0 atom stereocenters. The number of benzene rings is 1. The minimum atomic E-state index is -0.574. The van der Waals surface area contributed by atoms with E-state index in [0.717, 1.165) is 23.3 Å².